The molecule has 2 saturated heterocycles. The van der Waals surface area contributed by atoms with Gasteiger partial charge in [-0.05, 0) is 67.7 Å². The van der Waals surface area contributed by atoms with Crippen LogP contribution in [0.15, 0.2) is 0 Å². The van der Waals surface area contributed by atoms with Gasteiger partial charge >= 0.3 is 0 Å². The normalized spacial score (nSPS) is 29.3. The van der Waals surface area contributed by atoms with E-state index in [1.165, 1.54) is 18.1 Å². The Morgan fingerprint density at radius 3 is 1.60 bits per heavy atom. The molecule has 0 saturated carbocycles. The molecule has 0 aromatic carbocycles. The van der Waals surface area contributed by atoms with E-state index in [0.29, 0.717) is 12.5 Å². The van der Waals surface area contributed by atoms with E-state index in [1.807, 2.05) is 0 Å². The molecule has 8 atom stereocenters. The number of rotatable bonds is 20. The van der Waals surface area contributed by atoms with Crippen molar-refractivity contribution in [1.82, 2.24) is 0 Å². The lowest BCUT2D eigenvalue weighted by Crippen LogP contribution is -2.60. The Labute approximate surface area is 250 Å². The van der Waals surface area contributed by atoms with Crippen molar-refractivity contribution in [1.29, 1.82) is 0 Å². The van der Waals surface area contributed by atoms with Crippen molar-refractivity contribution in [2.75, 3.05) is 6.61 Å². The Bertz CT molecular complexity index is 718. The summed E-state index contributed by atoms with van der Waals surface area (Å²) in [6.07, 6.45) is 1.41. The first-order chi connectivity index (χ1) is 19.1. The summed E-state index contributed by atoms with van der Waals surface area (Å²) in [5, 5.41) is 0. The van der Waals surface area contributed by atoms with E-state index in [1.54, 1.807) is 0 Å². The molecule has 0 aromatic heterocycles. The maximum atomic E-state index is 12.3. The van der Waals surface area contributed by atoms with Crippen LogP contribution in [-0.2, 0) is 27.5 Å². The second-order valence-electron chi connectivity index (χ2n) is 12.6. The van der Waals surface area contributed by atoms with Crippen molar-refractivity contribution in [3.8, 4) is 0 Å². The maximum Gasteiger partial charge on any atom is 0.192 e. The monoisotopic (exact) mass is 616 g/mol. The standard InChI is InChI=1S/C31H64O6Si3/c1-12-38(13-2,14-3)35-25(11)24(10)29-27(34-29)21-26-23-33-28(22-32)31(37-40(18-7,19-8)20-9)30(26)36-39(15-4,16-5)17-6/h22,24-31H,12-21,23H2,1-11H3/t24-,25-,26-,27-,28-,29-,30+,31-/m0/s1. The SMILES string of the molecule is CC[Si](CC)(CC)O[C@@H]1[C@@H](C[C@@H]2O[C@H]2[C@@H](C)[C@H](C)O[Si](CC)(CC)CC)CO[C@@H](C=O)[C@@H]1O[Si](CC)(CC)CC. The lowest BCUT2D eigenvalue weighted by atomic mass is 9.87. The number of carbonyl (C=O) groups is 1. The molecule has 0 N–H and O–H groups in total. The summed E-state index contributed by atoms with van der Waals surface area (Å²) >= 11 is 0. The molecule has 0 aromatic rings. The van der Waals surface area contributed by atoms with Gasteiger partial charge in [0.25, 0.3) is 0 Å². The van der Waals surface area contributed by atoms with Crippen LogP contribution in [0.25, 0.3) is 0 Å². The number of aldehydes is 1. The van der Waals surface area contributed by atoms with Gasteiger partial charge in [-0.15, -0.1) is 0 Å². The Morgan fingerprint density at radius 1 is 0.725 bits per heavy atom. The van der Waals surface area contributed by atoms with Gasteiger partial charge in [0, 0.05) is 17.9 Å². The fourth-order valence-corrected chi connectivity index (χ4v) is 15.7. The lowest BCUT2D eigenvalue weighted by molar-refractivity contribution is -0.161. The van der Waals surface area contributed by atoms with Crippen molar-refractivity contribution >= 4 is 31.2 Å². The fourth-order valence-electron chi connectivity index (χ4n) is 6.95. The van der Waals surface area contributed by atoms with Gasteiger partial charge in [-0.3, -0.25) is 0 Å². The Balaban J connectivity index is 2.28. The quantitative estimate of drug-likeness (QED) is 0.0781. The van der Waals surface area contributed by atoms with Crippen LogP contribution in [0.5, 0.6) is 0 Å². The second kappa shape index (κ2) is 16.3. The Kier molecular flexibility index (Phi) is 14.8. The molecule has 2 rings (SSSR count). The van der Waals surface area contributed by atoms with Crippen molar-refractivity contribution in [2.24, 2.45) is 11.8 Å². The molecule has 40 heavy (non-hydrogen) atoms. The minimum atomic E-state index is -1.99. The molecule has 2 aliphatic rings. The molecule has 0 bridgehead atoms. The highest BCUT2D eigenvalue weighted by molar-refractivity contribution is 6.74. The Morgan fingerprint density at radius 2 is 1.18 bits per heavy atom. The van der Waals surface area contributed by atoms with Crippen LogP contribution < -0.4 is 0 Å². The largest absolute Gasteiger partial charge is 0.414 e. The van der Waals surface area contributed by atoms with Crippen LogP contribution in [0.1, 0.15) is 82.6 Å². The molecular formula is C31H64O6Si3. The van der Waals surface area contributed by atoms with E-state index in [0.717, 1.165) is 49.0 Å². The number of hydrogen-bond donors (Lipinski definition) is 0. The zero-order valence-corrected chi connectivity index (χ0v) is 30.9. The van der Waals surface area contributed by atoms with E-state index < -0.39 is 31.1 Å². The van der Waals surface area contributed by atoms with Crippen LogP contribution >= 0.6 is 0 Å². The van der Waals surface area contributed by atoms with Gasteiger partial charge < -0.3 is 27.5 Å². The molecule has 0 unspecified atom stereocenters. The zero-order valence-electron chi connectivity index (χ0n) is 27.9. The van der Waals surface area contributed by atoms with E-state index in [2.05, 4.69) is 76.2 Å². The summed E-state index contributed by atoms with van der Waals surface area (Å²) in [5.74, 6) is 0.500. The summed E-state index contributed by atoms with van der Waals surface area (Å²) in [4.78, 5) is 12.3. The summed E-state index contributed by atoms with van der Waals surface area (Å²) in [7, 11) is -5.62. The average molecular weight is 617 g/mol. The summed E-state index contributed by atoms with van der Waals surface area (Å²) in [5.41, 5.74) is 0. The first-order valence-corrected chi connectivity index (χ1v) is 24.4. The number of hydrogen-bond acceptors (Lipinski definition) is 6. The summed E-state index contributed by atoms with van der Waals surface area (Å²) in [6.45, 7) is 25.5. The predicted octanol–water partition coefficient (Wildman–Crippen LogP) is 8.19. The smallest absolute Gasteiger partial charge is 0.192 e. The molecular weight excluding hydrogens is 553 g/mol. The maximum absolute atomic E-state index is 12.3. The van der Waals surface area contributed by atoms with E-state index >= 15 is 0 Å². The number of ether oxygens (including phenoxy) is 2. The van der Waals surface area contributed by atoms with Crippen LogP contribution in [-0.4, -0.2) is 74.5 Å². The van der Waals surface area contributed by atoms with E-state index in [-0.39, 0.29) is 36.4 Å². The topological polar surface area (TPSA) is 66.5 Å². The van der Waals surface area contributed by atoms with Gasteiger partial charge in [-0.1, -0.05) is 69.2 Å². The van der Waals surface area contributed by atoms with Gasteiger partial charge in [0.1, 0.15) is 12.2 Å². The van der Waals surface area contributed by atoms with Crippen LogP contribution in [0.2, 0.25) is 54.4 Å². The van der Waals surface area contributed by atoms with Crippen molar-refractivity contribution < 1.29 is 27.5 Å². The third-order valence-electron chi connectivity index (χ3n) is 11.2. The third-order valence-corrected chi connectivity index (χ3v) is 25.2. The zero-order chi connectivity index (χ0) is 30.1. The molecule has 2 fully saturated rings. The molecule has 2 heterocycles. The summed E-state index contributed by atoms with van der Waals surface area (Å²) < 4.78 is 33.8. The first-order valence-electron chi connectivity index (χ1n) is 16.8. The van der Waals surface area contributed by atoms with Crippen LogP contribution in [0.3, 0.4) is 0 Å². The minimum absolute atomic E-state index is 0.124. The van der Waals surface area contributed by atoms with Crippen LogP contribution in [0.4, 0.5) is 0 Å². The summed E-state index contributed by atoms with van der Waals surface area (Å²) in [6, 6.07) is 9.85. The molecule has 0 spiro atoms. The van der Waals surface area contributed by atoms with Gasteiger partial charge in [0.15, 0.2) is 31.2 Å². The van der Waals surface area contributed by atoms with E-state index in [4.69, 9.17) is 22.8 Å². The number of carbonyl (C=O) groups excluding carboxylic acids is 1. The molecule has 6 nitrogen and oxygen atoms in total. The minimum Gasteiger partial charge on any atom is -0.414 e. The van der Waals surface area contributed by atoms with Gasteiger partial charge in [-0.25, -0.2) is 0 Å². The van der Waals surface area contributed by atoms with E-state index in [9.17, 15) is 4.79 Å². The predicted molar refractivity (Wildman–Crippen MR) is 174 cm³/mol. The van der Waals surface area contributed by atoms with Crippen LogP contribution in [0, 0.1) is 11.8 Å². The molecule has 9 heteroatoms. The number of epoxide rings is 1. The van der Waals surface area contributed by atoms with Crippen molar-refractivity contribution in [2.45, 2.75) is 174 Å². The lowest BCUT2D eigenvalue weighted by Gasteiger charge is -2.48. The molecule has 0 radical (unpaired) electrons. The first kappa shape index (κ1) is 36.3. The molecule has 0 aliphatic carbocycles. The van der Waals surface area contributed by atoms with Gasteiger partial charge in [-0.2, -0.15) is 0 Å². The Hall–Kier alpha value is 0.121. The fraction of sp³-hybridized carbons (Fsp3) is 0.968. The highest BCUT2D eigenvalue weighted by Crippen LogP contribution is 2.42. The van der Waals surface area contributed by atoms with Crippen molar-refractivity contribution in [3.05, 3.63) is 0 Å². The van der Waals surface area contributed by atoms with Crippen molar-refractivity contribution in [3.63, 3.8) is 0 Å². The second-order valence-corrected chi connectivity index (χ2v) is 26.8. The average Bonchev–Trinajstić information content (AvgIpc) is 3.77. The van der Waals surface area contributed by atoms with Gasteiger partial charge in [0.2, 0.25) is 0 Å². The van der Waals surface area contributed by atoms with Gasteiger partial charge in [0.05, 0.1) is 24.9 Å². The molecule has 236 valence electrons. The molecule has 2 aliphatic heterocycles. The third kappa shape index (κ3) is 8.39. The molecule has 0 amide bonds. The highest BCUT2D eigenvalue weighted by atomic mass is 28.4. The highest BCUT2D eigenvalue weighted by Gasteiger charge is 2.53.